The fourth-order valence-electron chi connectivity index (χ4n) is 3.42. The molecule has 0 atom stereocenters. The molecule has 2 aromatic rings. The Morgan fingerprint density at radius 2 is 1.87 bits per heavy atom. The molecule has 0 N–H and O–H groups in total. The van der Waals surface area contributed by atoms with Gasteiger partial charge in [0.15, 0.2) is 0 Å². The van der Waals surface area contributed by atoms with Crippen molar-refractivity contribution in [3.8, 4) is 11.1 Å². The van der Waals surface area contributed by atoms with Crippen LogP contribution in [0.5, 0.6) is 0 Å². The third kappa shape index (κ3) is 6.71. The van der Waals surface area contributed by atoms with Crippen LogP contribution in [0, 0.1) is 0 Å². The Balaban J connectivity index is 2.49. The van der Waals surface area contributed by atoms with Crippen LogP contribution in [0.4, 0.5) is 5.69 Å². The minimum atomic E-state index is 0.414. The first-order valence-electron chi connectivity index (χ1n) is 11.0. The van der Waals surface area contributed by atoms with Gasteiger partial charge >= 0.3 is 0 Å². The Labute approximate surface area is 189 Å². The van der Waals surface area contributed by atoms with Crippen LogP contribution in [0.1, 0.15) is 38.3 Å². The fourth-order valence-corrected chi connectivity index (χ4v) is 3.42. The van der Waals surface area contributed by atoms with E-state index in [4.69, 9.17) is 0 Å². The molecule has 1 heterocycles. The van der Waals surface area contributed by atoms with Gasteiger partial charge in [0.1, 0.15) is 0 Å². The Morgan fingerprint density at radius 1 is 1.10 bits per heavy atom. The molecule has 2 rings (SSSR count). The van der Waals surface area contributed by atoms with Crippen molar-refractivity contribution < 1.29 is 0 Å². The average Bonchev–Trinajstić information content (AvgIpc) is 2.76. The van der Waals surface area contributed by atoms with Crippen molar-refractivity contribution >= 4 is 11.3 Å². The van der Waals surface area contributed by atoms with E-state index in [0.29, 0.717) is 6.04 Å². The lowest BCUT2D eigenvalue weighted by molar-refractivity contribution is 0.377. The number of pyridine rings is 1. The maximum absolute atomic E-state index is 4.56. The van der Waals surface area contributed by atoms with Crippen molar-refractivity contribution in [2.24, 2.45) is 0 Å². The summed E-state index contributed by atoms with van der Waals surface area (Å²) in [5, 5.41) is 0. The van der Waals surface area contributed by atoms with E-state index in [9.17, 15) is 0 Å². The van der Waals surface area contributed by atoms with Gasteiger partial charge in [-0.2, -0.15) is 0 Å². The highest BCUT2D eigenvalue weighted by atomic mass is 15.1. The van der Waals surface area contributed by atoms with Gasteiger partial charge in [0.05, 0.1) is 0 Å². The van der Waals surface area contributed by atoms with Crippen LogP contribution in [0.2, 0.25) is 0 Å². The molecule has 0 amide bonds. The molecule has 0 saturated heterocycles. The van der Waals surface area contributed by atoms with E-state index in [0.717, 1.165) is 36.1 Å². The number of aromatic nitrogens is 1. The minimum absolute atomic E-state index is 0.414. The number of anilines is 1. The first-order chi connectivity index (χ1) is 14.9. The highest BCUT2D eigenvalue weighted by molar-refractivity contribution is 5.78. The summed E-state index contributed by atoms with van der Waals surface area (Å²) in [5.41, 5.74) is 7.02. The van der Waals surface area contributed by atoms with E-state index in [1.165, 1.54) is 16.8 Å². The summed E-state index contributed by atoms with van der Waals surface area (Å²) in [6.45, 7) is 15.4. The molecule has 31 heavy (non-hydrogen) atoms. The molecule has 1 aromatic carbocycles. The third-order valence-corrected chi connectivity index (χ3v) is 5.39. The lowest BCUT2D eigenvalue weighted by Crippen LogP contribution is -2.20. The van der Waals surface area contributed by atoms with Crippen molar-refractivity contribution in [1.82, 2.24) is 9.88 Å². The predicted octanol–water partition coefficient (Wildman–Crippen LogP) is 6.75. The summed E-state index contributed by atoms with van der Waals surface area (Å²) in [4.78, 5) is 9.08. The molecule has 0 aliphatic rings. The second-order valence-corrected chi connectivity index (χ2v) is 8.16. The molecule has 0 saturated carbocycles. The fraction of sp³-hybridized carbons (Fsp3) is 0.321. The smallest absolute Gasteiger partial charge is 0.0399 e. The average molecular weight is 416 g/mol. The zero-order chi connectivity index (χ0) is 22.8. The van der Waals surface area contributed by atoms with E-state index in [1.807, 2.05) is 24.5 Å². The Hall–Kier alpha value is -3.07. The van der Waals surface area contributed by atoms with Gasteiger partial charge in [-0.1, -0.05) is 43.9 Å². The van der Waals surface area contributed by atoms with Crippen molar-refractivity contribution in [3.05, 3.63) is 91.4 Å². The second kappa shape index (κ2) is 11.9. The highest BCUT2D eigenvalue weighted by Crippen LogP contribution is 2.29. The maximum Gasteiger partial charge on any atom is 0.0399 e. The molecule has 0 bridgehead atoms. The van der Waals surface area contributed by atoms with Crippen LogP contribution in [0.15, 0.2) is 80.3 Å². The van der Waals surface area contributed by atoms with E-state index in [2.05, 4.69) is 99.3 Å². The summed E-state index contributed by atoms with van der Waals surface area (Å²) in [5.74, 6) is 0. The Morgan fingerprint density at radius 3 is 2.52 bits per heavy atom. The van der Waals surface area contributed by atoms with Gasteiger partial charge in [-0.15, -0.1) is 6.58 Å². The van der Waals surface area contributed by atoms with Crippen LogP contribution < -0.4 is 4.90 Å². The maximum atomic E-state index is 4.56. The van der Waals surface area contributed by atoms with Crippen LogP contribution >= 0.6 is 0 Å². The number of benzene rings is 1. The Bertz CT molecular complexity index is 937. The number of hydrogen-bond acceptors (Lipinski definition) is 3. The summed E-state index contributed by atoms with van der Waals surface area (Å²) < 4.78 is 0. The minimum Gasteiger partial charge on any atom is -0.377 e. The van der Waals surface area contributed by atoms with Gasteiger partial charge in [-0.25, -0.2) is 0 Å². The molecule has 3 heteroatoms. The number of rotatable bonds is 11. The number of hydrogen-bond donors (Lipinski definition) is 0. The molecule has 164 valence electrons. The third-order valence-electron chi connectivity index (χ3n) is 5.39. The monoisotopic (exact) mass is 415 g/mol. The second-order valence-electron chi connectivity index (χ2n) is 8.16. The summed E-state index contributed by atoms with van der Waals surface area (Å²) in [6, 6.07) is 9.31. The molecule has 0 radical (unpaired) electrons. The SMILES string of the molecule is C=C/C=C\C(=C/N(C)C(C)C)c1cncc(-c2ccc(N(C)CCC)c(CC=C)c2)c1. The normalized spacial score (nSPS) is 11.7. The van der Waals surface area contributed by atoms with Crippen LogP contribution in [0.25, 0.3) is 16.7 Å². The van der Waals surface area contributed by atoms with E-state index < -0.39 is 0 Å². The van der Waals surface area contributed by atoms with E-state index >= 15 is 0 Å². The van der Waals surface area contributed by atoms with E-state index in [-0.39, 0.29) is 0 Å². The van der Waals surface area contributed by atoms with Crippen LogP contribution in [-0.4, -0.2) is 36.6 Å². The quantitative estimate of drug-likeness (QED) is 0.299. The molecular weight excluding hydrogens is 378 g/mol. The molecule has 0 fully saturated rings. The van der Waals surface area contributed by atoms with Crippen molar-refractivity contribution in [1.29, 1.82) is 0 Å². The first-order valence-corrected chi connectivity index (χ1v) is 11.0. The van der Waals surface area contributed by atoms with Crippen molar-refractivity contribution in [2.75, 3.05) is 25.5 Å². The largest absolute Gasteiger partial charge is 0.377 e. The van der Waals surface area contributed by atoms with Crippen LogP contribution in [0.3, 0.4) is 0 Å². The van der Waals surface area contributed by atoms with E-state index in [1.54, 1.807) is 6.08 Å². The lowest BCUT2D eigenvalue weighted by Gasteiger charge is -2.22. The molecule has 0 aliphatic carbocycles. The first kappa shape index (κ1) is 24.2. The summed E-state index contributed by atoms with van der Waals surface area (Å²) in [7, 11) is 4.25. The summed E-state index contributed by atoms with van der Waals surface area (Å²) in [6.07, 6.45) is 15.8. The summed E-state index contributed by atoms with van der Waals surface area (Å²) >= 11 is 0. The predicted molar refractivity (Wildman–Crippen MR) is 137 cm³/mol. The topological polar surface area (TPSA) is 19.4 Å². The lowest BCUT2D eigenvalue weighted by atomic mass is 9.98. The van der Waals surface area contributed by atoms with Crippen molar-refractivity contribution in [2.45, 2.75) is 39.7 Å². The number of nitrogens with zero attached hydrogens (tertiary/aromatic N) is 3. The molecular formula is C28H37N3. The molecule has 1 aromatic heterocycles. The molecule has 0 aliphatic heterocycles. The standard InChI is InChI=1S/C28H37N3/c1-8-11-13-25(21-31(7)22(4)5)27-18-26(19-29-20-27)23-14-15-28(30(6)16-10-3)24(17-23)12-9-2/h8-9,11,13-15,17-22H,1-2,10,12,16H2,3-7H3/b13-11-,25-21+. The van der Waals surface area contributed by atoms with Gasteiger partial charge in [-0.05, 0) is 61.6 Å². The highest BCUT2D eigenvalue weighted by Gasteiger charge is 2.10. The Kier molecular flexibility index (Phi) is 9.33. The van der Waals surface area contributed by atoms with Gasteiger partial charge < -0.3 is 9.80 Å². The van der Waals surface area contributed by atoms with Crippen LogP contribution in [-0.2, 0) is 6.42 Å². The van der Waals surface area contributed by atoms with Gasteiger partial charge in [0.2, 0.25) is 0 Å². The van der Waals surface area contributed by atoms with Gasteiger partial charge in [0.25, 0.3) is 0 Å². The van der Waals surface area contributed by atoms with Crippen molar-refractivity contribution in [3.63, 3.8) is 0 Å². The zero-order valence-electron chi connectivity index (χ0n) is 19.8. The zero-order valence-corrected chi connectivity index (χ0v) is 19.8. The number of allylic oxidation sites excluding steroid dienone is 5. The van der Waals surface area contributed by atoms with Gasteiger partial charge in [0, 0.05) is 62.1 Å². The molecule has 0 unspecified atom stereocenters. The molecule has 0 spiro atoms. The van der Waals surface area contributed by atoms with Gasteiger partial charge in [-0.3, -0.25) is 4.98 Å². The molecule has 3 nitrogen and oxygen atoms in total.